The van der Waals surface area contributed by atoms with Crippen molar-refractivity contribution >= 4 is 21.6 Å². The Morgan fingerprint density at radius 1 is 1.11 bits per heavy atom. The van der Waals surface area contributed by atoms with Crippen molar-refractivity contribution in [3.63, 3.8) is 0 Å². The van der Waals surface area contributed by atoms with E-state index in [0.29, 0.717) is 19.8 Å². The molecule has 0 fully saturated rings. The van der Waals surface area contributed by atoms with Gasteiger partial charge in [-0.1, -0.05) is 0 Å². The molecule has 0 bridgehead atoms. The Morgan fingerprint density at radius 2 is 1.95 bits per heavy atom. The van der Waals surface area contributed by atoms with E-state index in [2.05, 4.69) is 26.2 Å². The van der Waals surface area contributed by atoms with Crippen LogP contribution in [0.3, 0.4) is 0 Å². The van der Waals surface area contributed by atoms with Gasteiger partial charge in [-0.2, -0.15) is 0 Å². The molecule has 0 saturated heterocycles. The normalized spacial score (nSPS) is 13.1. The molecule has 0 atom stereocenters. The Balaban J connectivity index is 1.68. The fourth-order valence-electron chi connectivity index (χ4n) is 1.86. The predicted octanol–water partition coefficient (Wildman–Crippen LogP) is 3.23. The lowest BCUT2D eigenvalue weighted by Crippen LogP contribution is -2.15. The standard InChI is InChI=1S/C14H13BrN2O2/c15-10-1-2-12(16-8-10)9-17-11-3-4-13-14(7-11)19-6-5-18-13/h1-4,7-8,17H,5-6,9H2. The maximum Gasteiger partial charge on any atom is 0.163 e. The zero-order valence-corrected chi connectivity index (χ0v) is 11.8. The van der Waals surface area contributed by atoms with Gasteiger partial charge in [-0.15, -0.1) is 0 Å². The summed E-state index contributed by atoms with van der Waals surface area (Å²) in [5.74, 6) is 1.60. The lowest BCUT2D eigenvalue weighted by atomic mass is 10.2. The highest BCUT2D eigenvalue weighted by Crippen LogP contribution is 2.32. The largest absolute Gasteiger partial charge is 0.486 e. The van der Waals surface area contributed by atoms with E-state index in [4.69, 9.17) is 9.47 Å². The van der Waals surface area contributed by atoms with Crippen molar-refractivity contribution in [1.82, 2.24) is 4.98 Å². The van der Waals surface area contributed by atoms with Gasteiger partial charge in [-0.25, -0.2) is 0 Å². The van der Waals surface area contributed by atoms with Gasteiger partial charge in [0.25, 0.3) is 0 Å². The molecule has 2 heterocycles. The smallest absolute Gasteiger partial charge is 0.163 e. The van der Waals surface area contributed by atoms with Crippen molar-refractivity contribution in [3.8, 4) is 11.5 Å². The molecule has 1 aliphatic rings. The number of hydrogen-bond donors (Lipinski definition) is 1. The van der Waals surface area contributed by atoms with Gasteiger partial charge in [0.2, 0.25) is 0 Å². The number of anilines is 1. The van der Waals surface area contributed by atoms with Crippen molar-refractivity contribution in [3.05, 3.63) is 46.7 Å². The number of hydrogen-bond acceptors (Lipinski definition) is 4. The van der Waals surface area contributed by atoms with Crippen LogP contribution in [0, 0.1) is 0 Å². The van der Waals surface area contributed by atoms with Crippen LogP contribution in [0.2, 0.25) is 0 Å². The Morgan fingerprint density at radius 3 is 2.74 bits per heavy atom. The van der Waals surface area contributed by atoms with Crippen molar-refractivity contribution < 1.29 is 9.47 Å². The van der Waals surface area contributed by atoms with Crippen LogP contribution in [0.1, 0.15) is 5.69 Å². The quantitative estimate of drug-likeness (QED) is 0.943. The van der Waals surface area contributed by atoms with E-state index in [-0.39, 0.29) is 0 Å². The zero-order valence-electron chi connectivity index (χ0n) is 10.2. The molecule has 1 N–H and O–H groups in total. The molecule has 4 nitrogen and oxygen atoms in total. The maximum atomic E-state index is 5.55. The van der Waals surface area contributed by atoms with Crippen molar-refractivity contribution in [2.75, 3.05) is 18.5 Å². The minimum atomic E-state index is 0.602. The molecule has 1 aromatic heterocycles. The molecule has 0 spiro atoms. The fourth-order valence-corrected chi connectivity index (χ4v) is 2.09. The molecule has 1 aromatic carbocycles. The number of fused-ring (bicyclic) bond motifs is 1. The van der Waals surface area contributed by atoms with E-state index in [1.807, 2.05) is 30.3 Å². The fraction of sp³-hybridized carbons (Fsp3) is 0.214. The monoisotopic (exact) mass is 320 g/mol. The molecule has 0 unspecified atom stereocenters. The Kier molecular flexibility index (Phi) is 3.55. The van der Waals surface area contributed by atoms with E-state index in [0.717, 1.165) is 27.4 Å². The lowest BCUT2D eigenvalue weighted by molar-refractivity contribution is 0.171. The second kappa shape index (κ2) is 5.48. The third kappa shape index (κ3) is 2.98. The van der Waals surface area contributed by atoms with E-state index >= 15 is 0 Å². The molecule has 0 saturated carbocycles. The van der Waals surface area contributed by atoms with Gasteiger partial charge in [0.1, 0.15) is 13.2 Å². The number of benzene rings is 1. The van der Waals surface area contributed by atoms with Gasteiger partial charge in [0.05, 0.1) is 12.2 Å². The van der Waals surface area contributed by atoms with Gasteiger partial charge < -0.3 is 14.8 Å². The minimum Gasteiger partial charge on any atom is -0.486 e. The summed E-state index contributed by atoms with van der Waals surface area (Å²) in [4.78, 5) is 4.32. The highest BCUT2D eigenvalue weighted by Gasteiger charge is 2.11. The van der Waals surface area contributed by atoms with E-state index in [1.54, 1.807) is 6.20 Å². The topological polar surface area (TPSA) is 43.4 Å². The first kappa shape index (κ1) is 12.3. The Hall–Kier alpha value is -1.75. The van der Waals surface area contributed by atoms with E-state index in [9.17, 15) is 0 Å². The summed E-state index contributed by atoms with van der Waals surface area (Å²) >= 11 is 3.37. The Bertz CT molecular complexity index is 572. The lowest BCUT2D eigenvalue weighted by Gasteiger charge is -2.19. The summed E-state index contributed by atoms with van der Waals surface area (Å²) < 4.78 is 12.0. The molecular weight excluding hydrogens is 308 g/mol. The van der Waals surface area contributed by atoms with Gasteiger partial charge in [0, 0.05) is 22.4 Å². The minimum absolute atomic E-state index is 0.602. The molecule has 19 heavy (non-hydrogen) atoms. The first-order valence-electron chi connectivity index (χ1n) is 6.05. The summed E-state index contributed by atoms with van der Waals surface area (Å²) in [6, 6.07) is 9.81. The van der Waals surface area contributed by atoms with Gasteiger partial charge in [-0.05, 0) is 40.2 Å². The predicted molar refractivity (Wildman–Crippen MR) is 76.7 cm³/mol. The summed E-state index contributed by atoms with van der Waals surface area (Å²) in [7, 11) is 0. The first-order chi connectivity index (χ1) is 9.31. The molecule has 0 amide bonds. The number of rotatable bonds is 3. The SMILES string of the molecule is Brc1ccc(CNc2ccc3c(c2)OCCO3)nc1. The number of nitrogens with zero attached hydrogens (tertiary/aromatic N) is 1. The van der Waals surface area contributed by atoms with Gasteiger partial charge >= 0.3 is 0 Å². The van der Waals surface area contributed by atoms with Crippen LogP contribution in [0.5, 0.6) is 11.5 Å². The molecule has 98 valence electrons. The second-order valence-corrected chi connectivity index (χ2v) is 5.10. The molecule has 1 aliphatic heterocycles. The molecular formula is C14H13BrN2O2. The van der Waals surface area contributed by atoms with Crippen molar-refractivity contribution in [2.45, 2.75) is 6.54 Å². The van der Waals surface area contributed by atoms with Gasteiger partial charge in [0.15, 0.2) is 11.5 Å². The molecule has 0 radical (unpaired) electrons. The van der Waals surface area contributed by atoms with E-state index < -0.39 is 0 Å². The summed E-state index contributed by atoms with van der Waals surface area (Å²) in [5.41, 5.74) is 1.98. The van der Waals surface area contributed by atoms with Crippen LogP contribution >= 0.6 is 15.9 Å². The molecule has 0 aliphatic carbocycles. The highest BCUT2D eigenvalue weighted by molar-refractivity contribution is 9.10. The Labute approximate surface area is 119 Å². The second-order valence-electron chi connectivity index (χ2n) is 4.18. The molecule has 5 heteroatoms. The number of aromatic nitrogens is 1. The number of halogens is 1. The molecule has 3 rings (SSSR count). The van der Waals surface area contributed by atoms with Crippen LogP contribution in [0.4, 0.5) is 5.69 Å². The van der Waals surface area contributed by atoms with Gasteiger partial charge in [-0.3, -0.25) is 4.98 Å². The average molecular weight is 321 g/mol. The van der Waals surface area contributed by atoms with Crippen LogP contribution < -0.4 is 14.8 Å². The zero-order chi connectivity index (χ0) is 13.1. The number of ether oxygens (including phenoxy) is 2. The first-order valence-corrected chi connectivity index (χ1v) is 6.84. The van der Waals surface area contributed by atoms with Crippen LogP contribution in [-0.4, -0.2) is 18.2 Å². The summed E-state index contributed by atoms with van der Waals surface area (Å²) in [6.45, 7) is 1.89. The highest BCUT2D eigenvalue weighted by atomic mass is 79.9. The number of nitrogens with one attached hydrogen (secondary N) is 1. The summed E-state index contributed by atoms with van der Waals surface area (Å²) in [6.07, 6.45) is 1.79. The van der Waals surface area contributed by atoms with Crippen LogP contribution in [0.25, 0.3) is 0 Å². The maximum absolute atomic E-state index is 5.55. The van der Waals surface area contributed by atoms with Crippen molar-refractivity contribution in [2.24, 2.45) is 0 Å². The van der Waals surface area contributed by atoms with E-state index in [1.165, 1.54) is 0 Å². The molecule has 2 aromatic rings. The third-order valence-corrected chi connectivity index (χ3v) is 3.27. The van der Waals surface area contributed by atoms with Crippen LogP contribution in [0.15, 0.2) is 41.0 Å². The third-order valence-electron chi connectivity index (χ3n) is 2.80. The van der Waals surface area contributed by atoms with Crippen LogP contribution in [-0.2, 0) is 6.54 Å². The van der Waals surface area contributed by atoms with Crippen molar-refractivity contribution in [1.29, 1.82) is 0 Å². The number of pyridine rings is 1. The average Bonchev–Trinajstić information content (AvgIpc) is 2.46. The summed E-state index contributed by atoms with van der Waals surface area (Å²) in [5, 5.41) is 3.32.